The first-order valence-electron chi connectivity index (χ1n) is 8.15. The first-order chi connectivity index (χ1) is 11.4. The van der Waals surface area contributed by atoms with Gasteiger partial charge in [-0.3, -0.25) is 4.79 Å². The number of amides is 1. The summed E-state index contributed by atoms with van der Waals surface area (Å²) in [4.78, 5) is 12.5. The lowest BCUT2D eigenvalue weighted by atomic mass is 9.83. The number of hydrogen-bond donors (Lipinski definition) is 1. The number of alkyl halides is 3. The highest BCUT2D eigenvalue weighted by Crippen LogP contribution is 2.29. The Kier molecular flexibility index (Phi) is 6.34. The molecule has 0 unspecified atom stereocenters. The molecule has 1 atom stereocenters. The number of nitrogens with one attached hydrogen (secondary N) is 1. The summed E-state index contributed by atoms with van der Waals surface area (Å²) < 4.78 is 40.5. The Morgan fingerprint density at radius 3 is 2.42 bits per heavy atom. The van der Waals surface area contributed by atoms with Crippen molar-refractivity contribution in [3.63, 3.8) is 0 Å². The Morgan fingerprint density at radius 1 is 1.25 bits per heavy atom. The average molecular weight is 344 g/mol. The first kappa shape index (κ1) is 18.4. The fourth-order valence-corrected chi connectivity index (χ4v) is 3.17. The topological polar surface area (TPSA) is 41.6 Å². The second kappa shape index (κ2) is 8.26. The van der Waals surface area contributed by atoms with Gasteiger partial charge in [-0.1, -0.05) is 19.3 Å². The van der Waals surface area contributed by atoms with Crippen molar-refractivity contribution in [3.05, 3.63) is 24.3 Å². The molecule has 0 aromatic heterocycles. The van der Waals surface area contributed by atoms with Gasteiger partial charge in [-0.15, -0.1) is 13.2 Å². The molecule has 1 aliphatic carbocycles. The summed E-state index contributed by atoms with van der Waals surface area (Å²) in [5.74, 6) is 0.208. The van der Waals surface area contributed by atoms with Gasteiger partial charge < -0.3 is 15.0 Å². The number of rotatable bonds is 7. The van der Waals surface area contributed by atoms with E-state index in [1.807, 2.05) is 0 Å². The van der Waals surface area contributed by atoms with E-state index in [1.54, 1.807) is 24.1 Å². The molecule has 0 aliphatic heterocycles. The van der Waals surface area contributed by atoms with Gasteiger partial charge in [0.15, 0.2) is 0 Å². The van der Waals surface area contributed by atoms with Crippen LogP contribution in [0.25, 0.3) is 0 Å². The van der Waals surface area contributed by atoms with Gasteiger partial charge in [-0.2, -0.15) is 0 Å². The molecule has 1 aromatic carbocycles. The van der Waals surface area contributed by atoms with Crippen molar-refractivity contribution in [1.29, 1.82) is 0 Å². The van der Waals surface area contributed by atoms with E-state index >= 15 is 0 Å². The van der Waals surface area contributed by atoms with Crippen LogP contribution in [-0.4, -0.2) is 37.3 Å². The van der Waals surface area contributed by atoms with Crippen molar-refractivity contribution in [2.24, 2.45) is 5.92 Å². The Hall–Kier alpha value is -1.92. The van der Waals surface area contributed by atoms with Crippen LogP contribution < -0.4 is 10.1 Å². The van der Waals surface area contributed by atoms with E-state index in [4.69, 9.17) is 0 Å². The summed E-state index contributed by atoms with van der Waals surface area (Å²) in [7, 11) is 1.73. The van der Waals surface area contributed by atoms with Gasteiger partial charge in [0.25, 0.3) is 0 Å². The minimum absolute atomic E-state index is 0.0786. The molecule has 1 saturated carbocycles. The lowest BCUT2D eigenvalue weighted by Gasteiger charge is -2.33. The summed E-state index contributed by atoms with van der Waals surface area (Å²) >= 11 is 0. The second-order valence-corrected chi connectivity index (χ2v) is 6.27. The van der Waals surface area contributed by atoms with Crippen molar-refractivity contribution >= 4 is 12.1 Å². The monoisotopic (exact) mass is 344 g/mol. The van der Waals surface area contributed by atoms with Crippen molar-refractivity contribution in [1.82, 2.24) is 4.90 Å². The molecular formula is C17H23F3N2O2. The number of anilines is 1. The van der Waals surface area contributed by atoms with Crippen LogP contribution in [-0.2, 0) is 4.79 Å². The summed E-state index contributed by atoms with van der Waals surface area (Å²) in [6.07, 6.45) is 1.87. The van der Waals surface area contributed by atoms with Crippen LogP contribution in [0.1, 0.15) is 32.1 Å². The van der Waals surface area contributed by atoms with Gasteiger partial charge in [0.2, 0.25) is 6.41 Å². The molecule has 1 fully saturated rings. The lowest BCUT2D eigenvalue weighted by Crippen LogP contribution is -2.40. The number of carbonyl (C=O) groups excluding carboxylic acids is 1. The molecule has 0 saturated heterocycles. The molecule has 1 amide bonds. The summed E-state index contributed by atoms with van der Waals surface area (Å²) in [5.41, 5.74) is 0.722. The number of benzene rings is 1. The molecule has 1 N–H and O–H groups in total. The molecule has 1 aromatic rings. The normalized spacial score (nSPS) is 17.2. The van der Waals surface area contributed by atoms with Crippen LogP contribution in [0.15, 0.2) is 24.3 Å². The van der Waals surface area contributed by atoms with Gasteiger partial charge in [0, 0.05) is 25.3 Å². The Bertz CT molecular complexity index is 514. The summed E-state index contributed by atoms with van der Waals surface area (Å²) in [6, 6.07) is 5.79. The average Bonchev–Trinajstić information content (AvgIpc) is 2.55. The lowest BCUT2D eigenvalue weighted by molar-refractivity contribution is -0.274. The number of hydrogen-bond acceptors (Lipinski definition) is 3. The third kappa shape index (κ3) is 5.94. The van der Waals surface area contributed by atoms with E-state index in [9.17, 15) is 18.0 Å². The molecule has 0 heterocycles. The van der Waals surface area contributed by atoms with Gasteiger partial charge in [0.1, 0.15) is 5.75 Å². The highest BCUT2D eigenvalue weighted by Gasteiger charge is 2.31. The van der Waals surface area contributed by atoms with E-state index < -0.39 is 6.36 Å². The Balaban J connectivity index is 2.03. The third-order valence-corrected chi connectivity index (χ3v) is 4.32. The van der Waals surface area contributed by atoms with E-state index in [0.717, 1.165) is 24.9 Å². The predicted octanol–water partition coefficient (Wildman–Crippen LogP) is 4.03. The molecule has 2 rings (SSSR count). The largest absolute Gasteiger partial charge is 0.573 e. The minimum atomic E-state index is -4.69. The molecule has 4 nitrogen and oxygen atoms in total. The third-order valence-electron chi connectivity index (χ3n) is 4.32. The van der Waals surface area contributed by atoms with Crippen LogP contribution in [0.5, 0.6) is 5.75 Å². The van der Waals surface area contributed by atoms with Crippen LogP contribution in [0.2, 0.25) is 0 Å². The second-order valence-electron chi connectivity index (χ2n) is 6.27. The van der Waals surface area contributed by atoms with Crippen LogP contribution >= 0.6 is 0 Å². The number of ether oxygens (including phenoxy) is 1. The molecular weight excluding hydrogens is 321 g/mol. The maximum absolute atomic E-state index is 12.2. The summed E-state index contributed by atoms with van der Waals surface area (Å²) in [5, 5.41) is 3.37. The van der Waals surface area contributed by atoms with Crippen LogP contribution in [0.3, 0.4) is 0 Å². The maximum atomic E-state index is 12.2. The highest BCUT2D eigenvalue weighted by atomic mass is 19.4. The van der Waals surface area contributed by atoms with Crippen molar-refractivity contribution in [3.8, 4) is 5.75 Å². The number of halogens is 3. The smallest absolute Gasteiger partial charge is 0.406 e. The Morgan fingerprint density at radius 2 is 1.88 bits per heavy atom. The number of carbonyl (C=O) groups is 1. The van der Waals surface area contributed by atoms with Gasteiger partial charge in [0.05, 0.1) is 0 Å². The highest BCUT2D eigenvalue weighted by molar-refractivity contribution is 5.49. The molecule has 7 heteroatoms. The first-order valence-corrected chi connectivity index (χ1v) is 8.15. The molecule has 0 bridgehead atoms. The number of likely N-dealkylation sites (N-methyl/N-ethyl adjacent to an activating group) is 1. The molecule has 134 valence electrons. The number of nitrogens with zero attached hydrogens (tertiary/aromatic N) is 1. The SMILES string of the molecule is CN(C=O)C[C@@H](Nc1ccc(OC(F)(F)F)cc1)C1CCCCC1. The Labute approximate surface area is 140 Å². The fourth-order valence-electron chi connectivity index (χ4n) is 3.17. The zero-order chi connectivity index (χ0) is 17.6. The van der Waals surface area contributed by atoms with E-state index in [0.29, 0.717) is 12.5 Å². The molecule has 0 radical (unpaired) electrons. The zero-order valence-corrected chi connectivity index (χ0v) is 13.7. The standard InChI is InChI=1S/C17H23F3N2O2/c1-22(12-23)11-16(13-5-3-2-4-6-13)21-14-7-9-15(10-8-14)24-17(18,19)20/h7-10,12-13,16,21H,2-6,11H2,1H3/t16-/m1/s1. The molecule has 24 heavy (non-hydrogen) atoms. The quantitative estimate of drug-likeness (QED) is 0.759. The van der Waals surface area contributed by atoms with E-state index in [-0.39, 0.29) is 11.8 Å². The fraction of sp³-hybridized carbons (Fsp3) is 0.588. The predicted molar refractivity (Wildman–Crippen MR) is 85.8 cm³/mol. The van der Waals surface area contributed by atoms with Crippen LogP contribution in [0.4, 0.5) is 18.9 Å². The molecule has 1 aliphatic rings. The minimum Gasteiger partial charge on any atom is -0.406 e. The van der Waals surface area contributed by atoms with Gasteiger partial charge in [-0.05, 0) is 43.0 Å². The van der Waals surface area contributed by atoms with Crippen molar-refractivity contribution in [2.75, 3.05) is 18.9 Å². The summed E-state index contributed by atoms with van der Waals surface area (Å²) in [6.45, 7) is 0.564. The van der Waals surface area contributed by atoms with Crippen LogP contribution in [0, 0.1) is 5.92 Å². The van der Waals surface area contributed by atoms with Crippen molar-refractivity contribution < 1.29 is 22.7 Å². The van der Waals surface area contributed by atoms with E-state index in [2.05, 4.69) is 10.1 Å². The maximum Gasteiger partial charge on any atom is 0.573 e. The van der Waals surface area contributed by atoms with Gasteiger partial charge in [-0.25, -0.2) is 0 Å². The van der Waals surface area contributed by atoms with Gasteiger partial charge >= 0.3 is 6.36 Å². The van der Waals surface area contributed by atoms with Crippen molar-refractivity contribution in [2.45, 2.75) is 44.5 Å². The molecule has 0 spiro atoms. The van der Waals surface area contributed by atoms with E-state index in [1.165, 1.54) is 31.4 Å². The zero-order valence-electron chi connectivity index (χ0n) is 13.7.